The maximum Gasteiger partial charge on any atom is 0.339 e. The summed E-state index contributed by atoms with van der Waals surface area (Å²) in [5, 5.41) is 4.99. The Morgan fingerprint density at radius 3 is 2.19 bits per heavy atom. The van der Waals surface area contributed by atoms with Crippen LogP contribution in [0.1, 0.15) is 5.76 Å². The molecule has 0 unspecified atom stereocenters. The lowest BCUT2D eigenvalue weighted by molar-refractivity contribution is 0.0754. The Labute approximate surface area is 150 Å². The molecule has 0 radical (unpaired) electrons. The highest BCUT2D eigenvalue weighted by Crippen LogP contribution is 2.25. The van der Waals surface area contributed by atoms with E-state index in [1.54, 1.807) is 13.0 Å². The molecule has 0 bridgehead atoms. The summed E-state index contributed by atoms with van der Waals surface area (Å²) in [5.74, 6) is 0.713. The van der Waals surface area contributed by atoms with Crippen LogP contribution in [-0.2, 0) is 20.0 Å². The summed E-state index contributed by atoms with van der Waals surface area (Å²) in [5.41, 5.74) is -0.543. The Bertz CT molecular complexity index is 1080. The van der Waals surface area contributed by atoms with Gasteiger partial charge in [-0.25, -0.2) is 26.8 Å². The molecular formula is C15H16N2O7S2. The lowest BCUT2D eigenvalue weighted by atomic mass is 10.2. The molecule has 0 atom stereocenters. The molecule has 2 aromatic rings. The molecule has 1 aliphatic heterocycles. The molecule has 1 aromatic heterocycles. The molecule has 1 aliphatic rings. The van der Waals surface area contributed by atoms with Crippen LogP contribution in [-0.4, -0.2) is 40.3 Å². The molecular weight excluding hydrogens is 384 g/mol. The highest BCUT2D eigenvalue weighted by atomic mass is 32.2. The fourth-order valence-corrected chi connectivity index (χ4v) is 4.48. The van der Waals surface area contributed by atoms with Crippen LogP contribution in [0.2, 0.25) is 0 Å². The first-order valence-electron chi connectivity index (χ1n) is 7.47. The quantitative estimate of drug-likeness (QED) is 0.748. The largest absolute Gasteiger partial charge is 0.487 e. The third-order valence-electron chi connectivity index (χ3n) is 3.77. The van der Waals surface area contributed by atoms with Crippen LogP contribution in [0, 0.1) is 6.92 Å². The zero-order valence-corrected chi connectivity index (χ0v) is 15.3. The lowest BCUT2D eigenvalue weighted by Gasteiger charge is -2.37. The second-order valence-corrected chi connectivity index (χ2v) is 9.30. The molecule has 1 fully saturated rings. The van der Waals surface area contributed by atoms with E-state index in [1.807, 2.05) is 0 Å². The highest BCUT2D eigenvalue weighted by molar-refractivity contribution is 7.89. The number of nitrogens with zero attached hydrogens (tertiary/aromatic N) is 1. The molecule has 140 valence electrons. The van der Waals surface area contributed by atoms with Crippen LogP contribution in [0.25, 0.3) is 0 Å². The predicted molar refractivity (Wildman–Crippen MR) is 90.7 cm³/mol. The highest BCUT2D eigenvalue weighted by Gasteiger charge is 2.38. The maximum absolute atomic E-state index is 12.5. The minimum Gasteiger partial charge on any atom is -0.487 e. The van der Waals surface area contributed by atoms with Gasteiger partial charge in [0, 0.05) is 6.07 Å². The summed E-state index contributed by atoms with van der Waals surface area (Å²) in [7, 11) is -7.66. The summed E-state index contributed by atoms with van der Waals surface area (Å²) in [6, 6.07) is 7.40. The van der Waals surface area contributed by atoms with E-state index < -0.39 is 31.8 Å². The van der Waals surface area contributed by atoms with Gasteiger partial charge in [-0.2, -0.15) is 4.31 Å². The van der Waals surface area contributed by atoms with Crippen molar-refractivity contribution in [1.29, 1.82) is 0 Å². The van der Waals surface area contributed by atoms with E-state index in [2.05, 4.69) is 0 Å². The third-order valence-corrected chi connectivity index (χ3v) is 6.55. The number of aryl methyl sites for hydroxylation is 1. The predicted octanol–water partition coefficient (Wildman–Crippen LogP) is 0.0475. The summed E-state index contributed by atoms with van der Waals surface area (Å²) >= 11 is 0. The van der Waals surface area contributed by atoms with Gasteiger partial charge in [0.2, 0.25) is 20.0 Å². The lowest BCUT2D eigenvalue weighted by Crippen LogP contribution is -2.56. The maximum atomic E-state index is 12.5. The summed E-state index contributed by atoms with van der Waals surface area (Å²) in [6.45, 7) is 1.83. The van der Waals surface area contributed by atoms with Gasteiger partial charge in [0.1, 0.15) is 17.6 Å². The van der Waals surface area contributed by atoms with Crippen molar-refractivity contribution in [3.8, 4) is 5.75 Å². The van der Waals surface area contributed by atoms with Crippen molar-refractivity contribution in [3.63, 3.8) is 0 Å². The zero-order chi connectivity index (χ0) is 19.1. The number of benzene rings is 1. The van der Waals surface area contributed by atoms with E-state index in [1.165, 1.54) is 22.5 Å². The van der Waals surface area contributed by atoms with Gasteiger partial charge < -0.3 is 9.15 Å². The van der Waals surface area contributed by atoms with E-state index in [0.29, 0.717) is 11.5 Å². The third kappa shape index (κ3) is 3.80. The van der Waals surface area contributed by atoms with Crippen LogP contribution in [0.15, 0.2) is 55.4 Å². The molecule has 9 nitrogen and oxygen atoms in total. The smallest absolute Gasteiger partial charge is 0.339 e. The second-order valence-electron chi connectivity index (χ2n) is 5.80. The van der Waals surface area contributed by atoms with E-state index >= 15 is 0 Å². The van der Waals surface area contributed by atoms with Gasteiger partial charge in [-0.05, 0) is 31.2 Å². The topological polar surface area (TPSA) is 137 Å². The SMILES string of the molecule is Cc1cc(OC2CN(S(=O)(=O)c3ccc(S(N)(=O)=O)cc3)C2)cc(=O)o1. The van der Waals surface area contributed by atoms with Gasteiger partial charge in [-0.15, -0.1) is 0 Å². The summed E-state index contributed by atoms with van der Waals surface area (Å²) < 4.78 is 59.1. The van der Waals surface area contributed by atoms with Crippen LogP contribution < -0.4 is 15.5 Å². The number of hydrogen-bond donors (Lipinski definition) is 1. The Hall–Kier alpha value is -2.21. The Balaban J connectivity index is 1.68. The minimum absolute atomic E-state index is 0.0421. The monoisotopic (exact) mass is 400 g/mol. The molecule has 1 aromatic carbocycles. The standard InChI is InChI=1S/C15H16N2O7S2/c1-10-6-11(7-15(18)23-10)24-12-8-17(9-12)26(21,22)14-4-2-13(3-5-14)25(16,19)20/h2-7,12H,8-9H2,1H3,(H2,16,19,20). The number of ether oxygens (including phenoxy) is 1. The van der Waals surface area contributed by atoms with Gasteiger partial charge in [0.05, 0.1) is 28.9 Å². The first-order valence-corrected chi connectivity index (χ1v) is 10.5. The molecule has 0 saturated carbocycles. The normalized spacial score (nSPS) is 16.2. The average molecular weight is 400 g/mol. The Morgan fingerprint density at radius 1 is 1.08 bits per heavy atom. The average Bonchev–Trinajstić information content (AvgIpc) is 2.48. The van der Waals surface area contributed by atoms with Crippen LogP contribution >= 0.6 is 0 Å². The first-order chi connectivity index (χ1) is 12.1. The van der Waals surface area contributed by atoms with Crippen molar-refractivity contribution < 1.29 is 26.0 Å². The van der Waals surface area contributed by atoms with E-state index in [9.17, 15) is 21.6 Å². The Kier molecular flexibility index (Phi) is 4.65. The molecule has 0 amide bonds. The Morgan fingerprint density at radius 2 is 1.65 bits per heavy atom. The van der Waals surface area contributed by atoms with Gasteiger partial charge in [-0.1, -0.05) is 0 Å². The fraction of sp³-hybridized carbons (Fsp3) is 0.267. The van der Waals surface area contributed by atoms with Crippen molar-refractivity contribution >= 4 is 20.0 Å². The van der Waals surface area contributed by atoms with Gasteiger partial charge >= 0.3 is 5.63 Å². The molecule has 0 aliphatic carbocycles. The van der Waals surface area contributed by atoms with Crippen LogP contribution in [0.3, 0.4) is 0 Å². The van der Waals surface area contributed by atoms with Crippen molar-refractivity contribution in [2.75, 3.05) is 13.1 Å². The number of rotatable bonds is 5. The van der Waals surface area contributed by atoms with Gasteiger partial charge in [0.25, 0.3) is 0 Å². The van der Waals surface area contributed by atoms with Crippen molar-refractivity contribution in [1.82, 2.24) is 4.31 Å². The molecule has 2 heterocycles. The van der Waals surface area contributed by atoms with Gasteiger partial charge in [-0.3, -0.25) is 0 Å². The number of primary sulfonamides is 1. The minimum atomic E-state index is -3.89. The fourth-order valence-electron chi connectivity index (χ4n) is 2.46. The zero-order valence-electron chi connectivity index (χ0n) is 13.7. The van der Waals surface area contributed by atoms with Crippen molar-refractivity contribution in [2.24, 2.45) is 5.14 Å². The van der Waals surface area contributed by atoms with Crippen molar-refractivity contribution in [2.45, 2.75) is 22.8 Å². The molecule has 26 heavy (non-hydrogen) atoms. The van der Waals surface area contributed by atoms with E-state index in [4.69, 9.17) is 14.3 Å². The van der Waals surface area contributed by atoms with E-state index in [0.717, 1.165) is 12.1 Å². The van der Waals surface area contributed by atoms with Crippen LogP contribution in [0.4, 0.5) is 0 Å². The number of sulfonamides is 2. The van der Waals surface area contributed by atoms with Crippen molar-refractivity contribution in [3.05, 3.63) is 52.6 Å². The second kappa shape index (κ2) is 6.50. The molecule has 3 rings (SSSR count). The van der Waals surface area contributed by atoms with Crippen LogP contribution in [0.5, 0.6) is 5.75 Å². The number of hydrogen-bond acceptors (Lipinski definition) is 7. The first kappa shape index (κ1) is 18.6. The molecule has 0 spiro atoms. The number of nitrogens with two attached hydrogens (primary N) is 1. The molecule has 11 heteroatoms. The molecule has 1 saturated heterocycles. The summed E-state index contributed by atoms with van der Waals surface area (Å²) in [6.07, 6.45) is -0.394. The summed E-state index contributed by atoms with van der Waals surface area (Å²) in [4.78, 5) is 11.1. The molecule has 2 N–H and O–H groups in total. The van der Waals surface area contributed by atoms with Gasteiger partial charge in [0.15, 0.2) is 0 Å². The van der Waals surface area contributed by atoms with E-state index in [-0.39, 0.29) is 22.9 Å².